The Morgan fingerprint density at radius 3 is 1.05 bits per heavy atom. The van der Waals surface area contributed by atoms with E-state index in [1.165, 1.54) is 120 Å². The Hall–Kier alpha value is -2.17. The molecule has 0 saturated carbocycles. The van der Waals surface area contributed by atoms with Crippen molar-refractivity contribution in [1.82, 2.24) is 0 Å². The first-order valence-electron chi connectivity index (χ1n) is 22.9. The monoisotopic (exact) mass is 890 g/mol. The molecule has 59 heavy (non-hydrogen) atoms. The maximum atomic E-state index is 4.17. The first-order chi connectivity index (χ1) is 28.3. The fraction of sp³-hybridized carbons (Fsp3) is 0.434. The molecule has 1 unspecified atom stereocenters. The van der Waals surface area contributed by atoms with E-state index in [2.05, 4.69) is 199 Å². The molecule has 0 aliphatic carbocycles. The Morgan fingerprint density at radius 1 is 0.424 bits per heavy atom. The maximum Gasteiger partial charge on any atom is 0.0535 e. The molecule has 0 aliphatic rings. The molecule has 0 spiro atoms. The second-order valence-corrected chi connectivity index (χ2v) is 45.4. The van der Waals surface area contributed by atoms with Gasteiger partial charge in [0, 0.05) is 0 Å². The summed E-state index contributed by atoms with van der Waals surface area (Å²) >= 11 is 0. The van der Waals surface area contributed by atoms with Crippen LogP contribution in [0.4, 0.5) is 0 Å². The van der Waals surface area contributed by atoms with E-state index >= 15 is 0 Å². The van der Waals surface area contributed by atoms with Gasteiger partial charge in [-0.1, -0.05) is 247 Å². The highest BCUT2D eigenvalue weighted by Gasteiger charge is 2.36. The molecule has 0 bridgehead atoms. The average molecular weight is 892 g/mol. The normalized spacial score (nSPS) is 13.1. The van der Waals surface area contributed by atoms with Crippen molar-refractivity contribution in [2.45, 2.75) is 137 Å². The average Bonchev–Trinajstić information content (AvgIpc) is 3.21. The minimum absolute atomic E-state index is 0.510. The molecule has 0 aliphatic heterocycles. The van der Waals surface area contributed by atoms with E-state index in [-0.39, 0.29) is 0 Å². The SMILES string of the molecule is C=CC[Si](C)(C)CCC[Si](CCCC(CP(c1ccccc1)c1ccccc1)P(c1ccccc1)c1ccccc1)(CCC[Si](C)(C)CC=C)CCC[Si](C)(C)CC=C. The van der Waals surface area contributed by atoms with Crippen LogP contribution in [0.5, 0.6) is 0 Å². The van der Waals surface area contributed by atoms with Gasteiger partial charge in [-0.25, -0.2) is 0 Å². The fourth-order valence-corrected chi connectivity index (χ4v) is 28.4. The van der Waals surface area contributed by atoms with Crippen LogP contribution in [0.15, 0.2) is 159 Å². The fourth-order valence-electron chi connectivity index (χ4n) is 9.60. The number of allylic oxidation sites excluding steroid dienone is 3. The second kappa shape index (κ2) is 25.1. The molecular formula is C53H80P2Si4. The minimum Gasteiger partial charge on any atom is -0.103 e. The summed E-state index contributed by atoms with van der Waals surface area (Å²) < 4.78 is 0. The topological polar surface area (TPSA) is 0 Å². The van der Waals surface area contributed by atoms with Gasteiger partial charge in [0.05, 0.1) is 32.3 Å². The van der Waals surface area contributed by atoms with Crippen LogP contribution in [0.2, 0.25) is 99.7 Å². The van der Waals surface area contributed by atoms with Crippen LogP contribution in [0.3, 0.4) is 0 Å². The first-order valence-corrected chi connectivity index (χ1v) is 38.9. The highest BCUT2D eigenvalue weighted by Crippen LogP contribution is 2.49. The molecule has 1 atom stereocenters. The molecule has 0 nitrogen and oxygen atoms in total. The van der Waals surface area contributed by atoms with E-state index in [0.29, 0.717) is 5.66 Å². The van der Waals surface area contributed by atoms with Crippen LogP contribution in [0.25, 0.3) is 0 Å². The molecule has 0 saturated heterocycles. The Morgan fingerprint density at radius 2 is 0.729 bits per heavy atom. The lowest BCUT2D eigenvalue weighted by Crippen LogP contribution is -2.37. The number of rotatable bonds is 29. The summed E-state index contributed by atoms with van der Waals surface area (Å²) in [5.41, 5.74) is 0.602. The molecule has 318 valence electrons. The van der Waals surface area contributed by atoms with E-state index in [4.69, 9.17) is 0 Å². The quantitative estimate of drug-likeness (QED) is 0.0289. The Kier molecular flexibility index (Phi) is 21.0. The van der Waals surface area contributed by atoms with Gasteiger partial charge in [-0.15, -0.1) is 19.7 Å². The maximum absolute atomic E-state index is 4.17. The second-order valence-electron chi connectivity index (χ2n) is 19.9. The van der Waals surface area contributed by atoms with Gasteiger partial charge in [0.25, 0.3) is 0 Å². The van der Waals surface area contributed by atoms with Gasteiger partial charge in [0.1, 0.15) is 0 Å². The number of benzene rings is 4. The van der Waals surface area contributed by atoms with E-state index in [0.717, 1.165) is 0 Å². The van der Waals surface area contributed by atoms with Crippen LogP contribution in [0.1, 0.15) is 32.1 Å². The molecular weight excluding hydrogens is 811 g/mol. The summed E-state index contributed by atoms with van der Waals surface area (Å²) in [7, 11) is -6.45. The van der Waals surface area contributed by atoms with Crippen molar-refractivity contribution in [1.29, 1.82) is 0 Å². The lowest BCUT2D eigenvalue weighted by atomic mass is 10.3. The van der Waals surface area contributed by atoms with Gasteiger partial charge in [-0.05, 0) is 73.4 Å². The molecule has 0 radical (unpaired) electrons. The summed E-state index contributed by atoms with van der Waals surface area (Å²) in [5, 5.41) is 6.11. The Bertz CT molecular complexity index is 1630. The van der Waals surface area contributed by atoms with Gasteiger partial charge in [-0.3, -0.25) is 0 Å². The highest BCUT2D eigenvalue weighted by molar-refractivity contribution is 7.77. The van der Waals surface area contributed by atoms with Gasteiger partial charge < -0.3 is 0 Å². The van der Waals surface area contributed by atoms with Crippen molar-refractivity contribution in [3.63, 3.8) is 0 Å². The number of hydrogen-bond donors (Lipinski definition) is 0. The Labute approximate surface area is 370 Å². The summed E-state index contributed by atoms with van der Waals surface area (Å²) in [6.07, 6.45) is 14.9. The minimum atomic E-state index is -1.59. The number of hydrogen-bond acceptors (Lipinski definition) is 0. The lowest BCUT2D eigenvalue weighted by Gasteiger charge is -2.37. The molecule has 4 rings (SSSR count). The zero-order valence-electron chi connectivity index (χ0n) is 38.2. The summed E-state index contributed by atoms with van der Waals surface area (Å²) in [4.78, 5) is 0. The molecule has 0 fully saturated rings. The zero-order chi connectivity index (χ0) is 42.6. The van der Waals surface area contributed by atoms with Crippen LogP contribution in [-0.2, 0) is 0 Å². The lowest BCUT2D eigenvalue weighted by molar-refractivity contribution is 0.758. The molecule has 0 heterocycles. The van der Waals surface area contributed by atoms with E-state index in [1.807, 2.05) is 0 Å². The molecule has 0 N–H and O–H groups in total. The zero-order valence-corrected chi connectivity index (χ0v) is 44.0. The predicted molar refractivity (Wildman–Crippen MR) is 287 cm³/mol. The third kappa shape index (κ3) is 17.3. The first kappa shape index (κ1) is 49.5. The standard InChI is InChI=1S/C53H80P2Si4/c1-10-38-56(4,5)41-26-45-59(46-27-42-57(6,7)39-11-2,47-28-43-58(8,9)40-12-3)44-25-37-53(55(51-33-21-15-22-34-51)52-35-23-16-24-36-52)48-54(49-29-17-13-18-30-49)50-31-19-14-20-32-50/h10-24,29-36,53H,1-3,25-28,37-48H2,4-9H3. The van der Waals surface area contributed by atoms with Crippen molar-refractivity contribution in [3.05, 3.63) is 159 Å². The van der Waals surface area contributed by atoms with E-state index < -0.39 is 48.1 Å². The van der Waals surface area contributed by atoms with Crippen LogP contribution >= 0.6 is 15.8 Å². The van der Waals surface area contributed by atoms with Crippen LogP contribution in [-0.4, -0.2) is 44.1 Å². The summed E-state index contributed by atoms with van der Waals surface area (Å²) in [6, 6.07) is 60.6. The van der Waals surface area contributed by atoms with Crippen LogP contribution in [0, 0.1) is 0 Å². The van der Waals surface area contributed by atoms with Gasteiger partial charge in [0.15, 0.2) is 0 Å². The third-order valence-electron chi connectivity index (χ3n) is 13.0. The smallest absolute Gasteiger partial charge is 0.0535 e. The molecule has 4 aromatic carbocycles. The molecule has 6 heteroatoms. The summed E-state index contributed by atoms with van der Waals surface area (Å²) in [6.45, 7) is 28.2. The van der Waals surface area contributed by atoms with Gasteiger partial charge >= 0.3 is 0 Å². The molecule has 4 aromatic rings. The van der Waals surface area contributed by atoms with Gasteiger partial charge in [-0.2, -0.15) is 0 Å². The van der Waals surface area contributed by atoms with Crippen molar-refractivity contribution in [2.24, 2.45) is 0 Å². The van der Waals surface area contributed by atoms with Gasteiger partial charge in [0.2, 0.25) is 0 Å². The van der Waals surface area contributed by atoms with E-state index in [1.54, 1.807) is 0 Å². The van der Waals surface area contributed by atoms with E-state index in [9.17, 15) is 0 Å². The van der Waals surface area contributed by atoms with Crippen molar-refractivity contribution in [2.75, 3.05) is 6.16 Å². The molecule has 0 aromatic heterocycles. The summed E-state index contributed by atoms with van der Waals surface area (Å²) in [5.74, 6) is 0. The predicted octanol–water partition coefficient (Wildman–Crippen LogP) is 15.7. The largest absolute Gasteiger partial charge is 0.103 e. The van der Waals surface area contributed by atoms with Crippen LogP contribution < -0.4 is 21.2 Å². The molecule has 0 amide bonds. The van der Waals surface area contributed by atoms with Crippen molar-refractivity contribution >= 4 is 69.4 Å². The third-order valence-corrected chi connectivity index (χ3v) is 33.8. The van der Waals surface area contributed by atoms with Crippen molar-refractivity contribution < 1.29 is 0 Å². The Balaban J connectivity index is 1.75. The van der Waals surface area contributed by atoms with Crippen molar-refractivity contribution in [3.8, 4) is 0 Å². The highest BCUT2D eigenvalue weighted by atomic mass is 31.1.